The number of benzene rings is 2. The summed E-state index contributed by atoms with van der Waals surface area (Å²) in [7, 11) is 0. The normalized spacial score (nSPS) is 14.1. The maximum Gasteiger partial charge on any atom is 0.314 e. The molecule has 4 heteroatoms. The summed E-state index contributed by atoms with van der Waals surface area (Å²) in [6, 6.07) is 10.6. The number of carbonyl (C=O) groups excluding carboxylic acids is 1. The van der Waals surface area contributed by atoms with E-state index >= 15 is 0 Å². The Morgan fingerprint density at radius 2 is 1.85 bits per heavy atom. The summed E-state index contributed by atoms with van der Waals surface area (Å²) in [5, 5.41) is 9.22. The van der Waals surface area contributed by atoms with Gasteiger partial charge in [-0.2, -0.15) is 0 Å². The predicted octanol–water partition coefficient (Wildman–Crippen LogP) is 3.51. The number of rotatable bonds is 3. The fourth-order valence-electron chi connectivity index (χ4n) is 1.95. The Morgan fingerprint density at radius 3 is 2.45 bits per heavy atom. The Kier molecular flexibility index (Phi) is 3.14. The Balaban J connectivity index is 1.83. The molecule has 0 aliphatic heterocycles. The topological polar surface area (TPSA) is 46.5 Å². The molecule has 0 bridgehead atoms. The zero-order valence-corrected chi connectivity index (χ0v) is 10.7. The summed E-state index contributed by atoms with van der Waals surface area (Å²) < 4.78 is 19.2. The van der Waals surface area contributed by atoms with E-state index in [4.69, 9.17) is 4.74 Å². The van der Waals surface area contributed by atoms with Gasteiger partial charge in [0.25, 0.3) is 0 Å². The predicted molar refractivity (Wildman–Crippen MR) is 71.9 cm³/mol. The second-order valence-corrected chi connectivity index (χ2v) is 4.88. The molecule has 1 saturated carbocycles. The maximum absolute atomic E-state index is 14.0. The third-order valence-electron chi connectivity index (χ3n) is 3.25. The summed E-state index contributed by atoms with van der Waals surface area (Å²) in [6.45, 7) is 0. The molecule has 102 valence electrons. The van der Waals surface area contributed by atoms with Gasteiger partial charge in [-0.25, -0.2) is 4.39 Å². The monoisotopic (exact) mass is 272 g/mol. The lowest BCUT2D eigenvalue weighted by Gasteiger charge is -2.07. The number of carbonyl (C=O) groups is 1. The van der Waals surface area contributed by atoms with Crippen molar-refractivity contribution in [2.24, 2.45) is 5.92 Å². The van der Waals surface area contributed by atoms with Crippen LogP contribution in [0.3, 0.4) is 0 Å². The molecular weight excluding hydrogens is 259 g/mol. The lowest BCUT2D eigenvalue weighted by molar-refractivity contribution is -0.135. The first-order valence-corrected chi connectivity index (χ1v) is 6.44. The van der Waals surface area contributed by atoms with Gasteiger partial charge in [0.05, 0.1) is 5.92 Å². The van der Waals surface area contributed by atoms with Crippen LogP contribution >= 0.6 is 0 Å². The lowest BCUT2D eigenvalue weighted by Crippen LogP contribution is -2.09. The molecule has 3 nitrogen and oxygen atoms in total. The van der Waals surface area contributed by atoms with E-state index in [0.29, 0.717) is 11.1 Å². The zero-order valence-electron chi connectivity index (χ0n) is 10.7. The molecule has 2 aromatic carbocycles. The first-order valence-electron chi connectivity index (χ1n) is 6.44. The van der Waals surface area contributed by atoms with Crippen LogP contribution in [-0.4, -0.2) is 11.1 Å². The van der Waals surface area contributed by atoms with E-state index in [-0.39, 0.29) is 23.4 Å². The highest BCUT2D eigenvalue weighted by molar-refractivity contribution is 5.77. The molecule has 2 aromatic rings. The maximum atomic E-state index is 14.0. The van der Waals surface area contributed by atoms with Crippen molar-refractivity contribution in [3.8, 4) is 22.6 Å². The first-order chi connectivity index (χ1) is 9.63. The summed E-state index contributed by atoms with van der Waals surface area (Å²) >= 11 is 0. The van der Waals surface area contributed by atoms with Gasteiger partial charge in [-0.15, -0.1) is 0 Å². The van der Waals surface area contributed by atoms with Gasteiger partial charge in [0.1, 0.15) is 17.3 Å². The minimum absolute atomic E-state index is 0.0187. The van der Waals surface area contributed by atoms with Crippen LogP contribution in [0.2, 0.25) is 0 Å². The van der Waals surface area contributed by atoms with E-state index in [2.05, 4.69) is 0 Å². The van der Waals surface area contributed by atoms with Crippen LogP contribution in [0.25, 0.3) is 11.1 Å². The Morgan fingerprint density at radius 1 is 1.15 bits per heavy atom. The van der Waals surface area contributed by atoms with Gasteiger partial charge in [-0.3, -0.25) is 4.79 Å². The van der Waals surface area contributed by atoms with Gasteiger partial charge >= 0.3 is 5.97 Å². The number of ether oxygens (including phenoxy) is 1. The van der Waals surface area contributed by atoms with Crippen molar-refractivity contribution in [3.05, 3.63) is 48.3 Å². The molecule has 0 unspecified atom stereocenters. The quantitative estimate of drug-likeness (QED) is 0.687. The van der Waals surface area contributed by atoms with Gasteiger partial charge in [-0.1, -0.05) is 12.1 Å². The highest BCUT2D eigenvalue weighted by atomic mass is 19.1. The average molecular weight is 272 g/mol. The minimum Gasteiger partial charge on any atom is -0.508 e. The molecule has 0 atom stereocenters. The van der Waals surface area contributed by atoms with E-state index in [0.717, 1.165) is 12.8 Å². The largest absolute Gasteiger partial charge is 0.508 e. The van der Waals surface area contributed by atoms with Crippen molar-refractivity contribution >= 4 is 5.97 Å². The molecule has 0 amide bonds. The van der Waals surface area contributed by atoms with Gasteiger partial charge < -0.3 is 9.84 Å². The Hall–Kier alpha value is -2.36. The van der Waals surface area contributed by atoms with Crippen molar-refractivity contribution in [1.29, 1.82) is 0 Å². The third-order valence-corrected chi connectivity index (χ3v) is 3.25. The molecule has 1 aliphatic carbocycles. The average Bonchev–Trinajstić information content (AvgIpc) is 3.25. The molecule has 0 aromatic heterocycles. The molecule has 20 heavy (non-hydrogen) atoms. The lowest BCUT2D eigenvalue weighted by atomic mass is 10.0. The van der Waals surface area contributed by atoms with Crippen LogP contribution in [0, 0.1) is 11.7 Å². The van der Waals surface area contributed by atoms with Crippen LogP contribution in [0.1, 0.15) is 12.8 Å². The Labute approximate surface area is 115 Å². The van der Waals surface area contributed by atoms with E-state index in [9.17, 15) is 14.3 Å². The SMILES string of the molecule is O=C(Oc1ccc(-c2ccc(O)cc2)c(F)c1)C1CC1. The zero-order chi connectivity index (χ0) is 14.1. The Bertz CT molecular complexity index is 645. The van der Waals surface area contributed by atoms with E-state index < -0.39 is 5.82 Å². The standard InChI is InChI=1S/C16H13FO3/c17-15-9-13(20-16(19)11-1-2-11)7-8-14(15)10-3-5-12(18)6-4-10/h3-9,11,18H,1-2H2. The number of halogens is 1. The van der Waals surface area contributed by atoms with Crippen LogP contribution in [0.15, 0.2) is 42.5 Å². The van der Waals surface area contributed by atoms with Crippen molar-refractivity contribution < 1.29 is 19.0 Å². The molecule has 1 N–H and O–H groups in total. The van der Waals surface area contributed by atoms with Crippen LogP contribution in [-0.2, 0) is 4.79 Å². The number of phenolic OH excluding ortho intramolecular Hbond substituents is 1. The molecular formula is C16H13FO3. The highest BCUT2D eigenvalue weighted by Crippen LogP contribution is 2.32. The third kappa shape index (κ3) is 2.64. The van der Waals surface area contributed by atoms with Crippen LogP contribution < -0.4 is 4.74 Å². The molecule has 1 fully saturated rings. The van der Waals surface area contributed by atoms with Crippen molar-refractivity contribution in [1.82, 2.24) is 0 Å². The summed E-state index contributed by atoms with van der Waals surface area (Å²) in [5.74, 6) is -0.417. The van der Waals surface area contributed by atoms with Crippen molar-refractivity contribution in [2.75, 3.05) is 0 Å². The fraction of sp³-hybridized carbons (Fsp3) is 0.188. The fourth-order valence-corrected chi connectivity index (χ4v) is 1.95. The number of hydrogen-bond donors (Lipinski definition) is 1. The number of esters is 1. The second-order valence-electron chi connectivity index (χ2n) is 4.88. The molecule has 3 rings (SSSR count). The van der Waals surface area contributed by atoms with Gasteiger partial charge in [0.15, 0.2) is 0 Å². The summed E-state index contributed by atoms with van der Waals surface area (Å²) in [5.41, 5.74) is 1.05. The molecule has 0 spiro atoms. The van der Waals surface area contributed by atoms with Crippen molar-refractivity contribution in [2.45, 2.75) is 12.8 Å². The molecule has 0 saturated heterocycles. The number of aromatic hydroxyl groups is 1. The smallest absolute Gasteiger partial charge is 0.314 e. The number of phenols is 1. The van der Waals surface area contributed by atoms with E-state index in [1.807, 2.05) is 0 Å². The minimum atomic E-state index is -0.461. The van der Waals surface area contributed by atoms with E-state index in [1.54, 1.807) is 24.3 Å². The van der Waals surface area contributed by atoms with Gasteiger partial charge in [0, 0.05) is 11.6 Å². The first kappa shape index (κ1) is 12.7. The summed E-state index contributed by atoms with van der Waals surface area (Å²) in [6.07, 6.45) is 1.71. The highest BCUT2D eigenvalue weighted by Gasteiger charge is 2.31. The summed E-state index contributed by atoms with van der Waals surface area (Å²) in [4.78, 5) is 11.5. The molecule has 0 heterocycles. The molecule has 1 aliphatic rings. The second kappa shape index (κ2) is 4.96. The van der Waals surface area contributed by atoms with Crippen LogP contribution in [0.5, 0.6) is 11.5 Å². The van der Waals surface area contributed by atoms with E-state index in [1.165, 1.54) is 18.2 Å². The van der Waals surface area contributed by atoms with Crippen LogP contribution in [0.4, 0.5) is 4.39 Å². The molecule has 0 radical (unpaired) electrons. The van der Waals surface area contributed by atoms with Crippen molar-refractivity contribution in [3.63, 3.8) is 0 Å². The van der Waals surface area contributed by atoms with Gasteiger partial charge in [0.2, 0.25) is 0 Å². The van der Waals surface area contributed by atoms with Gasteiger partial charge in [-0.05, 0) is 42.7 Å². The number of hydrogen-bond acceptors (Lipinski definition) is 3.